The second kappa shape index (κ2) is 7.61. The highest BCUT2D eigenvalue weighted by Crippen LogP contribution is 2.50. The maximum absolute atomic E-state index is 14.2. The Morgan fingerprint density at radius 3 is 2.97 bits per heavy atom. The van der Waals surface area contributed by atoms with E-state index in [4.69, 9.17) is 4.98 Å². The van der Waals surface area contributed by atoms with E-state index in [1.165, 1.54) is 0 Å². The van der Waals surface area contributed by atoms with Crippen LogP contribution in [0.15, 0.2) is 64.9 Å². The second-order valence-corrected chi connectivity index (χ2v) is 9.17. The standard InChI is InChI=1S/C27H24FN3O/c1-17-22-11-12-23-26(27(22,2)15-19(16-29)25(17)32)30-24(13-18-7-4-3-5-8-18)31(23)21-10-6-9-20(28)14-21/h3-4,7,9,14-15,17,22H,6,10-13H2,1-2H3/t17-,22-,27-/m1/s1. The number of carbonyl (C=O) groups is 1. The zero-order chi connectivity index (χ0) is 22.5. The van der Waals surface area contributed by atoms with Crippen molar-refractivity contribution in [1.82, 2.24) is 9.55 Å². The third-order valence-corrected chi connectivity index (χ3v) is 7.25. The third kappa shape index (κ3) is 3.12. The maximum Gasteiger partial charge on any atom is 0.176 e. The summed E-state index contributed by atoms with van der Waals surface area (Å²) in [6.07, 6.45) is 14.3. The molecule has 4 aliphatic carbocycles. The molecule has 5 rings (SSSR count). The minimum absolute atomic E-state index is 0.0744. The minimum Gasteiger partial charge on any atom is -0.304 e. The van der Waals surface area contributed by atoms with Gasteiger partial charge in [0.25, 0.3) is 0 Å². The van der Waals surface area contributed by atoms with Crippen molar-refractivity contribution in [3.63, 3.8) is 0 Å². The van der Waals surface area contributed by atoms with Crippen LogP contribution in [0.5, 0.6) is 0 Å². The van der Waals surface area contributed by atoms with E-state index in [1.54, 1.807) is 12.2 Å². The van der Waals surface area contributed by atoms with Crippen molar-refractivity contribution in [2.75, 3.05) is 0 Å². The molecule has 1 aromatic heterocycles. The molecule has 0 N–H and O–H groups in total. The maximum atomic E-state index is 14.2. The SMILES string of the molecule is C[C@H]1C(=O)C(C#N)=C[C@@]2(C)c3nc(CC4=C=C=CC=C4)n(C4=CC(F)=CCC4)c3CC[C@H]12. The normalized spacial score (nSPS) is 28.2. The summed E-state index contributed by atoms with van der Waals surface area (Å²) in [6, 6.07) is 2.10. The van der Waals surface area contributed by atoms with Gasteiger partial charge in [-0.25, -0.2) is 9.37 Å². The lowest BCUT2D eigenvalue weighted by Gasteiger charge is -2.44. The van der Waals surface area contributed by atoms with Crippen LogP contribution >= 0.6 is 0 Å². The highest BCUT2D eigenvalue weighted by molar-refractivity contribution is 6.02. The van der Waals surface area contributed by atoms with Crippen molar-refractivity contribution >= 4 is 11.5 Å². The lowest BCUT2D eigenvalue weighted by molar-refractivity contribution is -0.121. The van der Waals surface area contributed by atoms with Gasteiger partial charge in [0.15, 0.2) is 5.78 Å². The smallest absolute Gasteiger partial charge is 0.176 e. The van der Waals surface area contributed by atoms with Crippen LogP contribution in [-0.2, 0) is 23.1 Å². The molecule has 1 aromatic rings. The van der Waals surface area contributed by atoms with E-state index >= 15 is 0 Å². The number of Topliss-reactive ketones (excluding diaryl/α,β-unsaturated/α-hetero) is 1. The molecule has 32 heavy (non-hydrogen) atoms. The van der Waals surface area contributed by atoms with Crippen molar-refractivity contribution < 1.29 is 9.18 Å². The first-order chi connectivity index (χ1) is 15.4. The predicted molar refractivity (Wildman–Crippen MR) is 120 cm³/mol. The average Bonchev–Trinajstić information content (AvgIpc) is 3.16. The number of allylic oxidation sites excluding steroid dienone is 10. The fourth-order valence-electron chi connectivity index (χ4n) is 5.71. The van der Waals surface area contributed by atoms with E-state index in [2.05, 4.69) is 29.0 Å². The van der Waals surface area contributed by atoms with Gasteiger partial charge in [0.1, 0.15) is 17.7 Å². The Hall–Kier alpha value is -3.44. The van der Waals surface area contributed by atoms with Gasteiger partial charge in [-0.05, 0) is 55.9 Å². The number of rotatable bonds is 3. The summed E-state index contributed by atoms with van der Waals surface area (Å²) in [5, 5.41) is 9.59. The topological polar surface area (TPSA) is 58.7 Å². The lowest BCUT2D eigenvalue weighted by atomic mass is 9.58. The molecule has 1 heterocycles. The number of fused-ring (bicyclic) bond motifs is 3. The number of halogens is 1. The number of imidazole rings is 1. The van der Waals surface area contributed by atoms with E-state index in [0.717, 1.165) is 47.7 Å². The van der Waals surface area contributed by atoms with Crippen molar-refractivity contribution in [3.8, 4) is 6.07 Å². The van der Waals surface area contributed by atoms with Crippen molar-refractivity contribution in [3.05, 3.63) is 82.1 Å². The van der Waals surface area contributed by atoms with E-state index in [-0.39, 0.29) is 29.0 Å². The van der Waals surface area contributed by atoms with Crippen LogP contribution in [0, 0.1) is 23.2 Å². The number of nitriles is 1. The van der Waals surface area contributed by atoms with Gasteiger partial charge < -0.3 is 4.57 Å². The quantitative estimate of drug-likeness (QED) is 0.625. The molecule has 3 atom stereocenters. The van der Waals surface area contributed by atoms with E-state index in [0.29, 0.717) is 12.8 Å². The first-order valence-corrected chi connectivity index (χ1v) is 11.1. The predicted octanol–water partition coefficient (Wildman–Crippen LogP) is 5.21. The molecule has 0 unspecified atom stereocenters. The second-order valence-electron chi connectivity index (χ2n) is 9.17. The lowest BCUT2D eigenvalue weighted by Crippen LogP contribution is -2.45. The van der Waals surface area contributed by atoms with Gasteiger partial charge in [-0.1, -0.05) is 37.5 Å². The van der Waals surface area contributed by atoms with Crippen LogP contribution in [0.25, 0.3) is 5.70 Å². The number of nitrogens with zero attached hydrogens (tertiary/aromatic N) is 3. The van der Waals surface area contributed by atoms with E-state index in [1.807, 2.05) is 31.2 Å². The van der Waals surface area contributed by atoms with Gasteiger partial charge in [-0.15, -0.1) is 0 Å². The third-order valence-electron chi connectivity index (χ3n) is 7.25. The van der Waals surface area contributed by atoms with E-state index < -0.39 is 5.41 Å². The molecule has 0 bridgehead atoms. The van der Waals surface area contributed by atoms with Crippen molar-refractivity contribution in [1.29, 1.82) is 5.26 Å². The number of aromatic nitrogens is 2. The van der Waals surface area contributed by atoms with Crippen LogP contribution in [0.2, 0.25) is 0 Å². The summed E-state index contributed by atoms with van der Waals surface area (Å²) in [5.74, 6) is 0.402. The summed E-state index contributed by atoms with van der Waals surface area (Å²) in [5.41, 5.74) is 9.69. The molecular formula is C27H24FN3O. The number of ketones is 1. The highest BCUT2D eigenvalue weighted by atomic mass is 19.1. The molecule has 0 fully saturated rings. The molecule has 0 spiro atoms. The Labute approximate surface area is 187 Å². The number of carbonyl (C=O) groups excluding carboxylic acids is 1. The molecule has 0 saturated heterocycles. The number of hydrogen-bond acceptors (Lipinski definition) is 3. The molecule has 0 aliphatic heterocycles. The molecule has 0 saturated carbocycles. The molecule has 4 nitrogen and oxygen atoms in total. The molecule has 160 valence electrons. The molecule has 4 aliphatic rings. The minimum atomic E-state index is -0.512. The van der Waals surface area contributed by atoms with Crippen LogP contribution in [0.1, 0.15) is 50.3 Å². The summed E-state index contributed by atoms with van der Waals surface area (Å²) in [6.45, 7) is 4.02. The van der Waals surface area contributed by atoms with Gasteiger partial charge in [0, 0.05) is 34.7 Å². The largest absolute Gasteiger partial charge is 0.304 e. The zero-order valence-corrected chi connectivity index (χ0v) is 18.3. The van der Waals surface area contributed by atoms with Crippen LogP contribution < -0.4 is 0 Å². The Morgan fingerprint density at radius 2 is 2.25 bits per heavy atom. The number of hydrogen-bond donors (Lipinski definition) is 0. The van der Waals surface area contributed by atoms with Crippen LogP contribution in [-0.4, -0.2) is 15.3 Å². The molecule has 0 radical (unpaired) electrons. The Bertz CT molecular complexity index is 1300. The Morgan fingerprint density at radius 1 is 1.41 bits per heavy atom. The fourth-order valence-corrected chi connectivity index (χ4v) is 5.71. The average molecular weight is 426 g/mol. The summed E-state index contributed by atoms with van der Waals surface area (Å²) < 4.78 is 16.3. The monoisotopic (exact) mass is 425 g/mol. The summed E-state index contributed by atoms with van der Waals surface area (Å²) in [7, 11) is 0. The van der Waals surface area contributed by atoms with Gasteiger partial charge in [-0.3, -0.25) is 4.79 Å². The Kier molecular flexibility index (Phi) is 4.86. The molecule has 0 aromatic carbocycles. The molecule has 0 amide bonds. The van der Waals surface area contributed by atoms with Gasteiger partial charge >= 0.3 is 0 Å². The first kappa shape index (κ1) is 20.5. The van der Waals surface area contributed by atoms with Gasteiger partial charge in [0.05, 0.1) is 11.3 Å². The Balaban J connectivity index is 1.72. The van der Waals surface area contributed by atoms with Gasteiger partial charge in [0.2, 0.25) is 0 Å². The van der Waals surface area contributed by atoms with Crippen molar-refractivity contribution in [2.24, 2.45) is 11.8 Å². The van der Waals surface area contributed by atoms with Gasteiger partial charge in [-0.2, -0.15) is 5.26 Å². The highest BCUT2D eigenvalue weighted by Gasteiger charge is 2.50. The zero-order valence-electron chi connectivity index (χ0n) is 18.3. The first-order valence-electron chi connectivity index (χ1n) is 11.1. The molecular weight excluding hydrogens is 401 g/mol. The summed E-state index contributed by atoms with van der Waals surface area (Å²) in [4.78, 5) is 17.8. The van der Waals surface area contributed by atoms with E-state index in [9.17, 15) is 14.4 Å². The fraction of sp³-hybridized carbons (Fsp3) is 0.370. The molecule has 5 heteroatoms. The summed E-state index contributed by atoms with van der Waals surface area (Å²) >= 11 is 0. The van der Waals surface area contributed by atoms with Crippen LogP contribution in [0.4, 0.5) is 4.39 Å². The van der Waals surface area contributed by atoms with Crippen molar-refractivity contribution in [2.45, 2.75) is 51.4 Å². The van der Waals surface area contributed by atoms with Crippen LogP contribution in [0.3, 0.4) is 0 Å².